The Morgan fingerprint density at radius 2 is 2.05 bits per heavy atom. The van der Waals surface area contributed by atoms with Crippen LogP contribution in [0.1, 0.15) is 62.4 Å². The van der Waals surface area contributed by atoms with Gasteiger partial charge in [0.05, 0.1) is 30.1 Å². The van der Waals surface area contributed by atoms with Crippen LogP contribution >= 0.6 is 0 Å². The van der Waals surface area contributed by atoms with Crippen molar-refractivity contribution in [3.8, 4) is 0 Å². The maximum absolute atomic E-state index is 12.6. The van der Waals surface area contributed by atoms with Gasteiger partial charge in [0, 0.05) is 38.0 Å². The van der Waals surface area contributed by atoms with Crippen molar-refractivity contribution in [1.29, 1.82) is 0 Å². The van der Waals surface area contributed by atoms with Crippen LogP contribution in [0.5, 0.6) is 0 Å². The average Bonchev–Trinajstić information content (AvgIpc) is 3.21. The number of anilines is 2. The lowest BCUT2D eigenvalue weighted by Crippen LogP contribution is -2.47. The molecule has 0 amide bonds. The van der Waals surface area contributed by atoms with Crippen LogP contribution in [0.15, 0.2) is 35.3 Å². The van der Waals surface area contributed by atoms with Gasteiger partial charge in [-0.3, -0.25) is 14.9 Å². The molecule has 1 aliphatic heterocycles. The summed E-state index contributed by atoms with van der Waals surface area (Å²) < 4.78 is 12.7. The average molecular weight is 513 g/mol. The molecule has 2 aliphatic rings. The van der Waals surface area contributed by atoms with E-state index in [1.165, 1.54) is 0 Å². The van der Waals surface area contributed by atoms with Gasteiger partial charge in [-0.05, 0) is 63.3 Å². The summed E-state index contributed by atoms with van der Waals surface area (Å²) in [5, 5.41) is 17.0. The third kappa shape index (κ3) is 5.84. The van der Waals surface area contributed by atoms with Gasteiger partial charge in [-0.25, -0.2) is 0 Å². The zero-order valence-corrected chi connectivity index (χ0v) is 22.5. The highest BCUT2D eigenvalue weighted by atomic mass is 16.5. The summed E-state index contributed by atoms with van der Waals surface area (Å²) in [6, 6.07) is 7.47. The van der Waals surface area contributed by atoms with Crippen molar-refractivity contribution < 1.29 is 19.4 Å². The smallest absolute Gasteiger partial charge is 0.326 e. The van der Waals surface area contributed by atoms with E-state index in [1.807, 2.05) is 25.3 Å². The van der Waals surface area contributed by atoms with Crippen LogP contribution in [0.2, 0.25) is 0 Å². The van der Waals surface area contributed by atoms with Gasteiger partial charge in [0.25, 0.3) is 5.56 Å². The number of methoxy groups -OCH3 is 1. The van der Waals surface area contributed by atoms with Gasteiger partial charge in [-0.15, -0.1) is 0 Å². The van der Waals surface area contributed by atoms with Crippen molar-refractivity contribution in [3.63, 3.8) is 0 Å². The van der Waals surface area contributed by atoms with Gasteiger partial charge in [0.15, 0.2) is 0 Å². The van der Waals surface area contributed by atoms with Crippen molar-refractivity contribution >= 4 is 17.3 Å². The Hall–Kier alpha value is -2.88. The molecule has 1 saturated carbocycles. The number of ether oxygens (including phenoxy) is 2. The molecule has 2 heterocycles. The van der Waals surface area contributed by atoms with Crippen LogP contribution in [0.25, 0.3) is 0 Å². The van der Waals surface area contributed by atoms with Crippen molar-refractivity contribution in [1.82, 2.24) is 9.88 Å². The predicted molar refractivity (Wildman–Crippen MR) is 144 cm³/mol. The van der Waals surface area contributed by atoms with E-state index >= 15 is 0 Å². The molecule has 0 spiro atoms. The summed E-state index contributed by atoms with van der Waals surface area (Å²) in [5.74, 6) is -0.402. The summed E-state index contributed by atoms with van der Waals surface area (Å²) in [6.07, 6.45) is 4.58. The number of aliphatic hydroxyl groups excluding tert-OH is 1. The lowest BCUT2D eigenvalue weighted by Gasteiger charge is -2.34. The van der Waals surface area contributed by atoms with E-state index in [4.69, 9.17) is 9.47 Å². The van der Waals surface area contributed by atoms with E-state index in [9.17, 15) is 14.7 Å². The summed E-state index contributed by atoms with van der Waals surface area (Å²) >= 11 is 0. The van der Waals surface area contributed by atoms with Gasteiger partial charge in [0.2, 0.25) is 0 Å². The van der Waals surface area contributed by atoms with E-state index in [0.29, 0.717) is 18.7 Å². The molecule has 3 unspecified atom stereocenters. The summed E-state index contributed by atoms with van der Waals surface area (Å²) in [4.78, 5) is 27.2. The number of fused-ring (bicyclic) bond motifs is 1. The summed E-state index contributed by atoms with van der Waals surface area (Å²) in [7, 11) is 3.48. The highest BCUT2D eigenvalue weighted by molar-refractivity contribution is 5.78. The standard InChI is InChI=1S/C28H40N4O5/c1-6-21(16-36-5)32-24-11-10-19(14-29-25(18(3)33)28(35)37-22-8-7-9-22)13-23(24)30-26(32)20-12-17(2)27(34)31(4)15-20/h10-13,15,18,21-22,25-26,29-30,33H,6-9,14,16H2,1-5H3/t18-,21?,25?,26?/m1/s1. The normalized spacial score (nSPS) is 19.5. The summed E-state index contributed by atoms with van der Waals surface area (Å²) in [6.45, 7) is 6.55. The number of rotatable bonds is 11. The molecule has 0 saturated heterocycles. The third-order valence-electron chi connectivity index (χ3n) is 7.43. The number of carbonyl (C=O) groups is 1. The van der Waals surface area contributed by atoms with Crippen LogP contribution < -0.4 is 21.1 Å². The number of carbonyl (C=O) groups excluding carboxylic acids is 1. The number of benzene rings is 1. The van der Waals surface area contributed by atoms with E-state index in [1.54, 1.807) is 25.6 Å². The first kappa shape index (κ1) is 27.2. The lowest BCUT2D eigenvalue weighted by molar-refractivity contribution is -0.158. The molecule has 0 radical (unpaired) electrons. The number of aliphatic hydroxyl groups is 1. The number of aromatic nitrogens is 1. The Labute approximate surface area is 218 Å². The molecule has 2 aromatic rings. The largest absolute Gasteiger partial charge is 0.461 e. The van der Waals surface area contributed by atoms with Gasteiger partial charge >= 0.3 is 5.97 Å². The predicted octanol–water partition coefficient (Wildman–Crippen LogP) is 2.98. The fourth-order valence-electron chi connectivity index (χ4n) is 5.09. The SMILES string of the molecule is CCC(COC)N1c2ccc(CNC(C(=O)OC3CCC3)[C@@H](C)O)cc2NC1c1cc(C)c(=O)n(C)c1. The van der Waals surface area contributed by atoms with E-state index in [0.717, 1.165) is 48.2 Å². The van der Waals surface area contributed by atoms with Crippen LogP contribution in [-0.2, 0) is 27.9 Å². The number of pyridine rings is 1. The fourth-order valence-corrected chi connectivity index (χ4v) is 5.09. The molecule has 9 nitrogen and oxygen atoms in total. The Kier molecular flexibility index (Phi) is 8.56. The molecular weight excluding hydrogens is 472 g/mol. The monoisotopic (exact) mass is 512 g/mol. The molecule has 1 fully saturated rings. The first-order valence-corrected chi connectivity index (χ1v) is 13.2. The van der Waals surface area contributed by atoms with Crippen LogP contribution in [0.3, 0.4) is 0 Å². The minimum absolute atomic E-state index is 0.00777. The Balaban J connectivity index is 1.57. The number of nitrogens with one attached hydrogen (secondary N) is 2. The topological polar surface area (TPSA) is 105 Å². The highest BCUT2D eigenvalue weighted by Crippen LogP contribution is 2.43. The van der Waals surface area contributed by atoms with Crippen molar-refractivity contribution in [2.45, 2.75) is 83.5 Å². The van der Waals surface area contributed by atoms with Crippen LogP contribution in [0.4, 0.5) is 11.4 Å². The first-order valence-electron chi connectivity index (χ1n) is 13.2. The number of esters is 1. The molecule has 4 rings (SSSR count). The Morgan fingerprint density at radius 3 is 2.65 bits per heavy atom. The number of nitrogens with zero attached hydrogens (tertiary/aromatic N) is 2. The number of aryl methyl sites for hydroxylation is 2. The van der Waals surface area contributed by atoms with Gasteiger partial charge in [0.1, 0.15) is 18.3 Å². The van der Waals surface area contributed by atoms with Crippen LogP contribution in [-0.4, -0.2) is 53.7 Å². The first-order chi connectivity index (χ1) is 17.7. The molecular formula is C28H40N4O5. The molecule has 1 aromatic carbocycles. The second kappa shape index (κ2) is 11.7. The Morgan fingerprint density at radius 1 is 1.30 bits per heavy atom. The maximum atomic E-state index is 12.6. The second-order valence-corrected chi connectivity index (χ2v) is 10.3. The molecule has 4 atom stereocenters. The van der Waals surface area contributed by atoms with Crippen molar-refractivity contribution in [2.75, 3.05) is 23.9 Å². The molecule has 37 heavy (non-hydrogen) atoms. The molecule has 9 heteroatoms. The van der Waals surface area contributed by atoms with Gasteiger partial charge in [-0.2, -0.15) is 0 Å². The quantitative estimate of drug-likeness (QED) is 0.395. The fraction of sp³-hybridized carbons (Fsp3) is 0.571. The van der Waals surface area contributed by atoms with Crippen molar-refractivity contribution in [2.24, 2.45) is 7.05 Å². The second-order valence-electron chi connectivity index (χ2n) is 10.3. The molecule has 0 bridgehead atoms. The number of hydrogen-bond donors (Lipinski definition) is 3. The minimum atomic E-state index is -0.868. The van der Waals surface area contributed by atoms with Crippen LogP contribution in [0, 0.1) is 6.92 Å². The summed E-state index contributed by atoms with van der Waals surface area (Å²) in [5.41, 5.74) is 4.69. The Bertz CT molecular complexity index is 1130. The number of hydrogen-bond acceptors (Lipinski definition) is 8. The zero-order chi connectivity index (χ0) is 26.7. The molecule has 1 aliphatic carbocycles. The van der Waals surface area contributed by atoms with E-state index in [-0.39, 0.29) is 23.9 Å². The molecule has 202 valence electrons. The molecule has 1 aromatic heterocycles. The minimum Gasteiger partial charge on any atom is -0.461 e. The van der Waals surface area contributed by atoms with E-state index in [2.05, 4.69) is 34.6 Å². The van der Waals surface area contributed by atoms with Gasteiger partial charge < -0.3 is 29.4 Å². The molecule has 3 N–H and O–H groups in total. The van der Waals surface area contributed by atoms with Crippen molar-refractivity contribution in [3.05, 3.63) is 57.5 Å². The highest BCUT2D eigenvalue weighted by Gasteiger charge is 2.35. The van der Waals surface area contributed by atoms with E-state index < -0.39 is 18.1 Å². The van der Waals surface area contributed by atoms with Gasteiger partial charge in [-0.1, -0.05) is 13.0 Å². The maximum Gasteiger partial charge on any atom is 0.326 e. The lowest BCUT2D eigenvalue weighted by atomic mass is 9.96. The third-order valence-corrected chi connectivity index (χ3v) is 7.43. The zero-order valence-electron chi connectivity index (χ0n) is 22.5.